The van der Waals surface area contributed by atoms with E-state index in [1.807, 2.05) is 6.07 Å². The second-order valence-corrected chi connectivity index (χ2v) is 8.26. The fourth-order valence-corrected chi connectivity index (χ4v) is 4.97. The van der Waals surface area contributed by atoms with Gasteiger partial charge >= 0.3 is 0 Å². The van der Waals surface area contributed by atoms with E-state index < -0.39 is 0 Å². The zero-order valence-corrected chi connectivity index (χ0v) is 15.9. The zero-order valence-electron chi connectivity index (χ0n) is 15.1. The number of hydrogen-bond donors (Lipinski definition) is 0. The minimum atomic E-state index is -0.351. The average Bonchev–Trinajstić information content (AvgIpc) is 3.09. The summed E-state index contributed by atoms with van der Waals surface area (Å²) in [5, 5.41) is 0. The summed E-state index contributed by atoms with van der Waals surface area (Å²) in [5.41, 5.74) is 0.938. The molecule has 5 heteroatoms. The third-order valence-corrected chi connectivity index (χ3v) is 6.58. The second-order valence-electron chi connectivity index (χ2n) is 7.17. The van der Waals surface area contributed by atoms with Gasteiger partial charge in [-0.25, -0.2) is 4.39 Å². The fourth-order valence-electron chi connectivity index (χ4n) is 3.74. The number of aromatic nitrogens is 1. The van der Waals surface area contributed by atoms with Crippen LogP contribution in [0.2, 0.25) is 0 Å². The number of ether oxygens (including phenoxy) is 1. The number of fused-ring (bicyclic) bond motifs is 1. The van der Waals surface area contributed by atoms with Crippen LogP contribution in [0.3, 0.4) is 0 Å². The highest BCUT2D eigenvalue weighted by Gasteiger charge is 2.25. The molecule has 1 aliphatic carbocycles. The van der Waals surface area contributed by atoms with Gasteiger partial charge in [-0.3, -0.25) is 4.98 Å². The van der Waals surface area contributed by atoms with Gasteiger partial charge in [0.2, 0.25) is 0 Å². The molecule has 3 nitrogen and oxygen atoms in total. The molecule has 3 aromatic rings. The highest BCUT2D eigenvalue weighted by molar-refractivity contribution is 7.19. The molecule has 0 amide bonds. The van der Waals surface area contributed by atoms with Crippen molar-refractivity contribution in [1.29, 1.82) is 0 Å². The lowest BCUT2D eigenvalue weighted by molar-refractivity contribution is 0.217. The summed E-state index contributed by atoms with van der Waals surface area (Å²) in [6.45, 7) is 0. The summed E-state index contributed by atoms with van der Waals surface area (Å²) < 4.78 is 20.8. The zero-order chi connectivity index (χ0) is 18.1. The van der Waals surface area contributed by atoms with Crippen LogP contribution in [0.25, 0.3) is 10.2 Å². The molecular formula is C21H23FN2OS. The van der Waals surface area contributed by atoms with Gasteiger partial charge in [0.25, 0.3) is 0 Å². The SMILES string of the molecule is CN(C)C1CCC(c2cc3nccc(Oc4ccccc4F)c3s2)CC1. The van der Waals surface area contributed by atoms with Crippen LogP contribution in [0, 0.1) is 5.82 Å². The van der Waals surface area contributed by atoms with E-state index in [0.29, 0.717) is 17.7 Å². The molecule has 0 N–H and O–H groups in total. The Hall–Kier alpha value is -1.98. The quantitative estimate of drug-likeness (QED) is 0.579. The Morgan fingerprint density at radius 3 is 2.58 bits per heavy atom. The van der Waals surface area contributed by atoms with E-state index in [1.54, 1.807) is 35.7 Å². The maximum atomic E-state index is 13.9. The Morgan fingerprint density at radius 2 is 1.85 bits per heavy atom. The van der Waals surface area contributed by atoms with Crippen molar-refractivity contribution in [3.05, 3.63) is 53.3 Å². The van der Waals surface area contributed by atoms with Gasteiger partial charge in [0.15, 0.2) is 11.6 Å². The molecule has 2 heterocycles. The van der Waals surface area contributed by atoms with Crippen molar-refractivity contribution < 1.29 is 9.13 Å². The van der Waals surface area contributed by atoms with Gasteiger partial charge in [0.05, 0.1) is 10.2 Å². The van der Waals surface area contributed by atoms with Gasteiger partial charge < -0.3 is 9.64 Å². The first-order valence-electron chi connectivity index (χ1n) is 9.09. The molecule has 0 spiro atoms. The van der Waals surface area contributed by atoms with E-state index in [0.717, 1.165) is 10.2 Å². The minimum Gasteiger partial charge on any atom is -0.453 e. The molecule has 1 saturated carbocycles. The summed E-state index contributed by atoms with van der Waals surface area (Å²) >= 11 is 1.74. The van der Waals surface area contributed by atoms with E-state index in [-0.39, 0.29) is 11.6 Å². The van der Waals surface area contributed by atoms with E-state index >= 15 is 0 Å². The van der Waals surface area contributed by atoms with Crippen LogP contribution in [-0.4, -0.2) is 30.0 Å². The van der Waals surface area contributed by atoms with Crippen LogP contribution in [0.1, 0.15) is 36.5 Å². The maximum absolute atomic E-state index is 13.9. The monoisotopic (exact) mass is 370 g/mol. The topological polar surface area (TPSA) is 25.4 Å². The summed E-state index contributed by atoms with van der Waals surface area (Å²) in [6, 6.07) is 11.2. The summed E-state index contributed by atoms with van der Waals surface area (Å²) in [6.07, 6.45) is 6.62. The first-order chi connectivity index (χ1) is 12.6. The molecule has 0 unspecified atom stereocenters. The number of halogens is 1. The van der Waals surface area contributed by atoms with Gasteiger partial charge in [0, 0.05) is 23.2 Å². The van der Waals surface area contributed by atoms with Crippen molar-refractivity contribution in [1.82, 2.24) is 9.88 Å². The number of thiophene rings is 1. The highest BCUT2D eigenvalue weighted by Crippen LogP contribution is 2.42. The van der Waals surface area contributed by atoms with Gasteiger partial charge in [-0.2, -0.15) is 0 Å². The van der Waals surface area contributed by atoms with Gasteiger partial charge in [-0.15, -0.1) is 11.3 Å². The van der Waals surface area contributed by atoms with Crippen LogP contribution < -0.4 is 4.74 Å². The summed E-state index contributed by atoms with van der Waals surface area (Å²) in [4.78, 5) is 8.20. The lowest BCUT2D eigenvalue weighted by atomic mass is 9.85. The first-order valence-corrected chi connectivity index (χ1v) is 9.90. The van der Waals surface area contributed by atoms with Crippen molar-refractivity contribution in [3.8, 4) is 11.5 Å². The Morgan fingerprint density at radius 1 is 1.08 bits per heavy atom. The standard InChI is InChI=1S/C21H23FN2OS/c1-24(2)15-9-7-14(8-10-15)20-13-17-21(26-20)19(11-12-23-17)25-18-6-4-3-5-16(18)22/h3-6,11-15H,7-10H2,1-2H3. The van der Waals surface area contributed by atoms with Gasteiger partial charge in [-0.1, -0.05) is 12.1 Å². The molecule has 2 aromatic heterocycles. The predicted octanol–water partition coefficient (Wildman–Crippen LogP) is 5.82. The first kappa shape index (κ1) is 17.4. The van der Waals surface area contributed by atoms with E-state index in [2.05, 4.69) is 30.0 Å². The molecule has 1 fully saturated rings. The largest absolute Gasteiger partial charge is 0.453 e. The molecule has 0 aliphatic heterocycles. The molecular weight excluding hydrogens is 347 g/mol. The number of hydrogen-bond acceptors (Lipinski definition) is 4. The molecule has 1 aromatic carbocycles. The average molecular weight is 370 g/mol. The Kier molecular flexibility index (Phi) is 4.92. The van der Waals surface area contributed by atoms with E-state index in [1.165, 1.54) is 36.6 Å². The third kappa shape index (κ3) is 3.46. The van der Waals surface area contributed by atoms with Crippen LogP contribution in [0.4, 0.5) is 4.39 Å². The van der Waals surface area contributed by atoms with Gasteiger partial charge in [-0.05, 0) is 63.9 Å². The van der Waals surface area contributed by atoms with Crippen molar-refractivity contribution in [2.45, 2.75) is 37.6 Å². The number of nitrogens with zero attached hydrogens (tertiary/aromatic N) is 2. The Balaban J connectivity index is 1.59. The lowest BCUT2D eigenvalue weighted by Crippen LogP contribution is -2.31. The van der Waals surface area contributed by atoms with Crippen molar-refractivity contribution in [2.24, 2.45) is 0 Å². The van der Waals surface area contributed by atoms with Crippen molar-refractivity contribution in [3.63, 3.8) is 0 Å². The Labute approximate surface area is 157 Å². The number of benzene rings is 1. The molecule has 0 saturated heterocycles. The lowest BCUT2D eigenvalue weighted by Gasteiger charge is -2.32. The van der Waals surface area contributed by atoms with Crippen molar-refractivity contribution >= 4 is 21.6 Å². The molecule has 4 rings (SSSR count). The molecule has 0 radical (unpaired) electrons. The predicted molar refractivity (Wildman–Crippen MR) is 105 cm³/mol. The smallest absolute Gasteiger partial charge is 0.165 e. The molecule has 26 heavy (non-hydrogen) atoms. The van der Waals surface area contributed by atoms with Crippen LogP contribution >= 0.6 is 11.3 Å². The fraction of sp³-hybridized carbons (Fsp3) is 0.381. The van der Waals surface area contributed by atoms with Crippen molar-refractivity contribution in [2.75, 3.05) is 14.1 Å². The number of pyridine rings is 1. The maximum Gasteiger partial charge on any atom is 0.165 e. The third-order valence-electron chi connectivity index (χ3n) is 5.28. The van der Waals surface area contributed by atoms with Gasteiger partial charge in [0.1, 0.15) is 5.75 Å². The number of para-hydroxylation sites is 1. The van der Waals surface area contributed by atoms with E-state index in [4.69, 9.17) is 4.74 Å². The number of rotatable bonds is 4. The van der Waals surface area contributed by atoms with Crippen LogP contribution in [-0.2, 0) is 0 Å². The normalized spacial score (nSPS) is 20.6. The minimum absolute atomic E-state index is 0.251. The Bertz CT molecular complexity index is 900. The van der Waals surface area contributed by atoms with Crippen LogP contribution in [0.5, 0.6) is 11.5 Å². The molecule has 0 bridgehead atoms. The molecule has 0 atom stereocenters. The molecule has 136 valence electrons. The summed E-state index contributed by atoms with van der Waals surface area (Å²) in [7, 11) is 4.33. The van der Waals surface area contributed by atoms with Crippen LogP contribution in [0.15, 0.2) is 42.6 Å². The highest BCUT2D eigenvalue weighted by atomic mass is 32.1. The summed E-state index contributed by atoms with van der Waals surface area (Å²) in [5.74, 6) is 1.17. The van der Waals surface area contributed by atoms with E-state index in [9.17, 15) is 4.39 Å². The molecule has 1 aliphatic rings. The second kappa shape index (κ2) is 7.33.